The zero-order chi connectivity index (χ0) is 20.4. The Bertz CT molecular complexity index is 1250. The van der Waals surface area contributed by atoms with Crippen LogP contribution < -0.4 is 5.43 Å². The Kier molecular flexibility index (Phi) is 5.28. The Hall–Kier alpha value is -3.24. The molecule has 0 N–H and O–H groups in total. The van der Waals surface area contributed by atoms with E-state index >= 15 is 0 Å². The molecule has 1 atom stereocenters. The minimum Gasteiger partial charge on any atom is -0.309 e. The van der Waals surface area contributed by atoms with E-state index in [0.717, 1.165) is 33.1 Å². The summed E-state index contributed by atoms with van der Waals surface area (Å²) in [6.45, 7) is 1.86. The fourth-order valence-corrected chi connectivity index (χ4v) is 4.09. The van der Waals surface area contributed by atoms with Crippen molar-refractivity contribution in [1.82, 2.24) is 4.57 Å². The first-order valence-corrected chi connectivity index (χ1v) is 10.9. The van der Waals surface area contributed by atoms with Gasteiger partial charge in [0, 0.05) is 39.3 Å². The largest absolute Gasteiger partial charge is 0.309 e. The molecule has 29 heavy (non-hydrogen) atoms. The van der Waals surface area contributed by atoms with Crippen LogP contribution in [0.1, 0.15) is 5.56 Å². The summed E-state index contributed by atoms with van der Waals surface area (Å²) >= 11 is 0. The third-order valence-electron chi connectivity index (χ3n) is 4.98. The van der Waals surface area contributed by atoms with Crippen molar-refractivity contribution in [2.45, 2.75) is 11.8 Å². The highest BCUT2D eigenvalue weighted by Crippen LogP contribution is 2.31. The minimum atomic E-state index is -1.10. The molecule has 0 spiro atoms. The van der Waals surface area contributed by atoms with Gasteiger partial charge in [0.25, 0.3) is 0 Å². The molecule has 3 nitrogen and oxygen atoms in total. The van der Waals surface area contributed by atoms with Gasteiger partial charge in [0.05, 0.1) is 11.4 Å². The number of benzene rings is 3. The first kappa shape index (κ1) is 19.1. The third-order valence-corrected chi connectivity index (χ3v) is 5.90. The molecule has 4 aromatic rings. The van der Waals surface area contributed by atoms with Gasteiger partial charge in [-0.25, -0.2) is 0 Å². The van der Waals surface area contributed by atoms with Gasteiger partial charge in [0.1, 0.15) is 0 Å². The van der Waals surface area contributed by atoms with E-state index in [1.165, 1.54) is 0 Å². The van der Waals surface area contributed by atoms with Crippen LogP contribution in [0, 0.1) is 6.92 Å². The van der Waals surface area contributed by atoms with E-state index in [9.17, 15) is 9.00 Å². The lowest BCUT2D eigenvalue weighted by molar-refractivity contribution is 0.686. The summed E-state index contributed by atoms with van der Waals surface area (Å²) in [6.07, 6.45) is 1.67. The molecule has 0 saturated heterocycles. The highest BCUT2D eigenvalue weighted by atomic mass is 32.2. The summed E-state index contributed by atoms with van der Waals surface area (Å²) in [6, 6.07) is 29.2. The van der Waals surface area contributed by atoms with E-state index in [0.29, 0.717) is 5.56 Å². The van der Waals surface area contributed by atoms with Crippen LogP contribution >= 0.6 is 0 Å². The molecule has 0 radical (unpaired) electrons. The maximum atomic E-state index is 12.9. The van der Waals surface area contributed by atoms with Crippen LogP contribution in [0.4, 0.5) is 0 Å². The molecule has 0 amide bonds. The summed E-state index contributed by atoms with van der Waals surface area (Å²) in [5, 5.41) is 0. The molecule has 0 aliphatic carbocycles. The molecule has 0 fully saturated rings. The van der Waals surface area contributed by atoms with Crippen molar-refractivity contribution in [3.63, 3.8) is 0 Å². The highest BCUT2D eigenvalue weighted by molar-refractivity contribution is 7.84. The summed E-state index contributed by atoms with van der Waals surface area (Å²) < 4.78 is 14.2. The molecule has 144 valence electrons. The topological polar surface area (TPSA) is 39.1 Å². The summed E-state index contributed by atoms with van der Waals surface area (Å²) in [5.74, 6) is 0. The molecule has 0 saturated carbocycles. The Morgan fingerprint density at radius 1 is 0.759 bits per heavy atom. The molecule has 0 aliphatic heterocycles. The first-order chi connectivity index (χ1) is 14.1. The van der Waals surface area contributed by atoms with Crippen molar-refractivity contribution in [2.24, 2.45) is 0 Å². The first-order valence-electron chi connectivity index (χ1n) is 9.37. The maximum Gasteiger partial charge on any atom is 0.185 e. The number of aromatic nitrogens is 1. The van der Waals surface area contributed by atoms with Crippen LogP contribution in [-0.4, -0.2) is 15.0 Å². The maximum absolute atomic E-state index is 12.9. The van der Waals surface area contributed by atoms with Crippen molar-refractivity contribution in [2.75, 3.05) is 6.26 Å². The molecule has 1 unspecified atom stereocenters. The number of pyridine rings is 1. The van der Waals surface area contributed by atoms with Crippen molar-refractivity contribution >= 4 is 10.8 Å². The highest BCUT2D eigenvalue weighted by Gasteiger charge is 2.17. The van der Waals surface area contributed by atoms with Crippen LogP contribution in [0.15, 0.2) is 101 Å². The van der Waals surface area contributed by atoms with Gasteiger partial charge < -0.3 is 4.57 Å². The molecule has 3 aromatic carbocycles. The van der Waals surface area contributed by atoms with Gasteiger partial charge in [-0.3, -0.25) is 9.00 Å². The standard InChI is InChI=1S/C25H21NO2S/c1-18-24(27)17-23(19-10-5-3-6-11-19)26(25(18)20-12-7-4-8-13-20)21-14-9-15-22(16-21)29(2)28/h3-17H,1-2H3. The van der Waals surface area contributed by atoms with Crippen LogP contribution in [0.25, 0.3) is 28.2 Å². The van der Waals surface area contributed by atoms with Gasteiger partial charge in [-0.15, -0.1) is 0 Å². The van der Waals surface area contributed by atoms with E-state index in [1.807, 2.05) is 91.9 Å². The second-order valence-electron chi connectivity index (χ2n) is 6.89. The quantitative estimate of drug-likeness (QED) is 0.472. The van der Waals surface area contributed by atoms with Crippen LogP contribution in [0.2, 0.25) is 0 Å². The number of hydrogen-bond donors (Lipinski definition) is 0. The lowest BCUT2D eigenvalue weighted by Crippen LogP contribution is -2.15. The van der Waals surface area contributed by atoms with E-state index in [2.05, 4.69) is 4.57 Å². The van der Waals surface area contributed by atoms with E-state index < -0.39 is 10.8 Å². The summed E-state index contributed by atoms with van der Waals surface area (Å²) in [7, 11) is -1.10. The molecule has 0 aliphatic rings. The SMILES string of the molecule is Cc1c(-c2ccccc2)n(-c2cccc(S(C)=O)c2)c(-c2ccccc2)cc1=O. The second kappa shape index (κ2) is 8.02. The third kappa shape index (κ3) is 3.71. The van der Waals surface area contributed by atoms with Gasteiger partial charge in [-0.2, -0.15) is 0 Å². The Morgan fingerprint density at radius 3 is 2.00 bits per heavy atom. The molecule has 1 aromatic heterocycles. The predicted octanol–water partition coefficient (Wildman–Crippen LogP) is 5.22. The summed E-state index contributed by atoms with van der Waals surface area (Å²) in [4.78, 5) is 13.7. The average Bonchev–Trinajstić information content (AvgIpc) is 2.76. The lowest BCUT2D eigenvalue weighted by atomic mass is 10.0. The van der Waals surface area contributed by atoms with E-state index in [1.54, 1.807) is 12.3 Å². The monoisotopic (exact) mass is 399 g/mol. The summed E-state index contributed by atoms with van der Waals surface area (Å²) in [5.41, 5.74) is 5.11. The van der Waals surface area contributed by atoms with Crippen LogP contribution in [0.5, 0.6) is 0 Å². The van der Waals surface area contributed by atoms with Gasteiger partial charge in [-0.1, -0.05) is 66.7 Å². The Balaban J connectivity index is 2.14. The van der Waals surface area contributed by atoms with Crippen molar-refractivity contribution in [3.8, 4) is 28.2 Å². The van der Waals surface area contributed by atoms with Crippen molar-refractivity contribution in [3.05, 3.63) is 107 Å². The lowest BCUT2D eigenvalue weighted by Gasteiger charge is -2.22. The zero-order valence-electron chi connectivity index (χ0n) is 16.3. The molecule has 1 heterocycles. The number of nitrogens with zero attached hydrogens (tertiary/aromatic N) is 1. The fourth-order valence-electron chi connectivity index (χ4n) is 3.53. The molecule has 4 heteroatoms. The number of hydrogen-bond acceptors (Lipinski definition) is 2. The zero-order valence-corrected chi connectivity index (χ0v) is 17.1. The van der Waals surface area contributed by atoms with Crippen molar-refractivity contribution in [1.29, 1.82) is 0 Å². The average molecular weight is 400 g/mol. The second-order valence-corrected chi connectivity index (χ2v) is 8.27. The van der Waals surface area contributed by atoms with Gasteiger partial charge in [0.15, 0.2) is 5.43 Å². The van der Waals surface area contributed by atoms with Crippen LogP contribution in [0.3, 0.4) is 0 Å². The van der Waals surface area contributed by atoms with E-state index in [-0.39, 0.29) is 5.43 Å². The normalized spacial score (nSPS) is 11.9. The van der Waals surface area contributed by atoms with Gasteiger partial charge >= 0.3 is 0 Å². The molecule has 4 rings (SSSR count). The Labute approximate surface area is 172 Å². The van der Waals surface area contributed by atoms with Crippen molar-refractivity contribution < 1.29 is 4.21 Å². The van der Waals surface area contributed by atoms with E-state index in [4.69, 9.17) is 0 Å². The molecular formula is C25H21NO2S. The molecular weight excluding hydrogens is 378 g/mol. The van der Waals surface area contributed by atoms with Crippen LogP contribution in [-0.2, 0) is 10.8 Å². The predicted molar refractivity (Wildman–Crippen MR) is 120 cm³/mol. The minimum absolute atomic E-state index is 0.00539. The Morgan fingerprint density at radius 2 is 1.38 bits per heavy atom. The number of rotatable bonds is 4. The molecule has 0 bridgehead atoms. The smallest absolute Gasteiger partial charge is 0.185 e. The fraction of sp³-hybridized carbons (Fsp3) is 0.0800. The van der Waals surface area contributed by atoms with Gasteiger partial charge in [0.2, 0.25) is 0 Å². The van der Waals surface area contributed by atoms with Gasteiger partial charge in [-0.05, 0) is 36.2 Å².